The van der Waals surface area contributed by atoms with Gasteiger partial charge in [0.1, 0.15) is 11.6 Å². The van der Waals surface area contributed by atoms with Crippen LogP contribution in [0.5, 0.6) is 0 Å². The number of aromatic nitrogens is 1. The predicted octanol–water partition coefficient (Wildman–Crippen LogP) is 1.74. The van der Waals surface area contributed by atoms with Crippen LogP contribution >= 0.6 is 0 Å². The monoisotopic (exact) mass is 285 g/mol. The van der Waals surface area contributed by atoms with Crippen LogP contribution in [0.25, 0.3) is 0 Å². The molecule has 0 atom stereocenters. The molecule has 100 valence electrons. The Morgan fingerprint density at radius 2 is 1.89 bits per heavy atom. The normalized spacial score (nSPS) is 11.3. The van der Waals surface area contributed by atoms with Gasteiger partial charge in [0, 0.05) is 0 Å². The van der Waals surface area contributed by atoms with Crippen LogP contribution < -0.4 is 10.5 Å². The summed E-state index contributed by atoms with van der Waals surface area (Å²) in [6.07, 6.45) is 0. The molecule has 5 nitrogen and oxygen atoms in total. The van der Waals surface area contributed by atoms with E-state index in [0.717, 1.165) is 24.3 Å². The lowest BCUT2D eigenvalue weighted by molar-refractivity contribution is 0.584. The highest BCUT2D eigenvalue weighted by Crippen LogP contribution is 2.19. The van der Waals surface area contributed by atoms with E-state index in [9.17, 15) is 17.2 Å². The molecule has 0 bridgehead atoms. The summed E-state index contributed by atoms with van der Waals surface area (Å²) in [5.41, 5.74) is 5.00. The fourth-order valence-corrected chi connectivity index (χ4v) is 2.39. The molecule has 1 heterocycles. The summed E-state index contributed by atoms with van der Waals surface area (Å²) < 4.78 is 51.7. The molecule has 1 aromatic carbocycles. The van der Waals surface area contributed by atoms with Crippen molar-refractivity contribution in [1.82, 2.24) is 4.98 Å². The highest BCUT2D eigenvalue weighted by molar-refractivity contribution is 7.92. The number of benzene rings is 1. The Labute approximate surface area is 108 Å². The van der Waals surface area contributed by atoms with E-state index >= 15 is 0 Å². The summed E-state index contributed by atoms with van der Waals surface area (Å²) in [6.45, 7) is 0. The third-order valence-corrected chi connectivity index (χ3v) is 3.58. The minimum atomic E-state index is -4.00. The minimum absolute atomic E-state index is 0.178. The Bertz CT molecular complexity index is 720. The number of rotatable bonds is 3. The fourth-order valence-electron chi connectivity index (χ4n) is 1.35. The number of anilines is 2. The molecule has 0 aliphatic rings. The molecule has 8 heteroatoms. The number of sulfonamides is 1. The Morgan fingerprint density at radius 1 is 1.16 bits per heavy atom. The molecule has 0 aliphatic heterocycles. The van der Waals surface area contributed by atoms with Crippen LogP contribution in [0.1, 0.15) is 0 Å². The van der Waals surface area contributed by atoms with Crippen molar-refractivity contribution in [1.29, 1.82) is 0 Å². The van der Waals surface area contributed by atoms with E-state index in [-0.39, 0.29) is 16.4 Å². The fraction of sp³-hybridized carbons (Fsp3) is 0. The SMILES string of the molecule is Nc1cc(S(=O)(=O)Nc2cccc(F)n2)ccc1F. The van der Waals surface area contributed by atoms with E-state index < -0.39 is 21.8 Å². The maximum Gasteiger partial charge on any atom is 0.263 e. The number of halogens is 2. The van der Waals surface area contributed by atoms with E-state index in [2.05, 4.69) is 9.71 Å². The average molecular weight is 285 g/mol. The lowest BCUT2D eigenvalue weighted by Gasteiger charge is -2.08. The maximum absolute atomic E-state index is 13.0. The maximum atomic E-state index is 13.0. The van der Waals surface area contributed by atoms with Gasteiger partial charge in [-0.05, 0) is 30.3 Å². The van der Waals surface area contributed by atoms with Crippen LogP contribution in [0.3, 0.4) is 0 Å². The van der Waals surface area contributed by atoms with Crippen molar-refractivity contribution in [3.8, 4) is 0 Å². The van der Waals surface area contributed by atoms with Crippen LogP contribution in [-0.2, 0) is 10.0 Å². The molecule has 0 radical (unpaired) electrons. The van der Waals surface area contributed by atoms with Crippen molar-refractivity contribution in [3.05, 3.63) is 48.2 Å². The molecule has 19 heavy (non-hydrogen) atoms. The van der Waals surface area contributed by atoms with Crippen LogP contribution in [0.4, 0.5) is 20.3 Å². The van der Waals surface area contributed by atoms with E-state index in [1.807, 2.05) is 0 Å². The molecule has 0 saturated heterocycles. The largest absolute Gasteiger partial charge is 0.396 e. The Kier molecular flexibility index (Phi) is 3.34. The predicted molar refractivity (Wildman–Crippen MR) is 65.8 cm³/mol. The van der Waals surface area contributed by atoms with Crippen molar-refractivity contribution in [2.45, 2.75) is 4.90 Å². The number of nitrogens with zero attached hydrogens (tertiary/aromatic N) is 1. The Hall–Kier alpha value is -2.22. The molecular formula is C11H9F2N3O2S. The van der Waals surface area contributed by atoms with Gasteiger partial charge < -0.3 is 5.73 Å². The lowest BCUT2D eigenvalue weighted by atomic mass is 10.3. The zero-order valence-corrected chi connectivity index (χ0v) is 10.3. The first-order chi connectivity index (χ1) is 8.88. The van der Waals surface area contributed by atoms with Gasteiger partial charge in [0.15, 0.2) is 0 Å². The Balaban J connectivity index is 2.35. The molecule has 3 N–H and O–H groups in total. The van der Waals surface area contributed by atoms with E-state index in [4.69, 9.17) is 5.73 Å². The van der Waals surface area contributed by atoms with Gasteiger partial charge in [-0.25, -0.2) is 17.8 Å². The number of nitrogens with two attached hydrogens (primary N) is 1. The molecule has 0 saturated carbocycles. The van der Waals surface area contributed by atoms with Crippen LogP contribution in [0.2, 0.25) is 0 Å². The molecular weight excluding hydrogens is 276 g/mol. The summed E-state index contributed by atoms with van der Waals surface area (Å²) in [5.74, 6) is -1.72. The summed E-state index contributed by atoms with van der Waals surface area (Å²) in [6, 6.07) is 6.62. The zero-order valence-electron chi connectivity index (χ0n) is 9.47. The smallest absolute Gasteiger partial charge is 0.263 e. The first-order valence-electron chi connectivity index (χ1n) is 5.09. The third-order valence-electron chi connectivity index (χ3n) is 2.23. The van der Waals surface area contributed by atoms with E-state index in [1.54, 1.807) is 0 Å². The summed E-state index contributed by atoms with van der Waals surface area (Å²) >= 11 is 0. The van der Waals surface area contributed by atoms with Crippen molar-refractivity contribution >= 4 is 21.5 Å². The highest BCUT2D eigenvalue weighted by Gasteiger charge is 2.16. The standard InChI is InChI=1S/C11H9F2N3O2S/c12-8-5-4-7(6-9(8)14)19(17,18)16-11-3-1-2-10(13)15-11/h1-6H,14H2,(H,15,16). The number of hydrogen-bond acceptors (Lipinski definition) is 4. The lowest BCUT2D eigenvalue weighted by Crippen LogP contribution is -2.14. The summed E-state index contributed by atoms with van der Waals surface area (Å²) in [4.78, 5) is 3.12. The van der Waals surface area contributed by atoms with Crippen LogP contribution in [-0.4, -0.2) is 13.4 Å². The molecule has 0 aliphatic carbocycles. The molecule has 0 unspecified atom stereocenters. The first-order valence-corrected chi connectivity index (χ1v) is 6.57. The van der Waals surface area contributed by atoms with Gasteiger partial charge in [-0.2, -0.15) is 4.39 Å². The number of nitrogens with one attached hydrogen (secondary N) is 1. The molecule has 2 rings (SSSR count). The second-order valence-electron chi connectivity index (χ2n) is 3.63. The zero-order chi connectivity index (χ0) is 14.0. The van der Waals surface area contributed by atoms with Crippen LogP contribution in [0, 0.1) is 11.8 Å². The van der Waals surface area contributed by atoms with Gasteiger partial charge in [-0.15, -0.1) is 0 Å². The van der Waals surface area contributed by atoms with Crippen molar-refractivity contribution < 1.29 is 17.2 Å². The number of nitrogen functional groups attached to an aromatic ring is 1. The molecule has 0 fully saturated rings. The molecule has 2 aromatic rings. The van der Waals surface area contributed by atoms with Gasteiger partial charge in [0.05, 0.1) is 10.6 Å². The quantitative estimate of drug-likeness (QED) is 0.664. The third kappa shape index (κ3) is 2.97. The van der Waals surface area contributed by atoms with Gasteiger partial charge in [0.2, 0.25) is 5.95 Å². The highest BCUT2D eigenvalue weighted by atomic mass is 32.2. The van der Waals surface area contributed by atoms with E-state index in [0.29, 0.717) is 0 Å². The molecule has 0 spiro atoms. The number of hydrogen-bond donors (Lipinski definition) is 2. The minimum Gasteiger partial charge on any atom is -0.396 e. The molecule has 1 aromatic heterocycles. The van der Waals surface area contributed by atoms with Gasteiger partial charge in [0.25, 0.3) is 10.0 Å². The summed E-state index contributed by atoms with van der Waals surface area (Å²) in [7, 11) is -4.00. The van der Waals surface area contributed by atoms with E-state index in [1.165, 1.54) is 12.1 Å². The van der Waals surface area contributed by atoms with Crippen molar-refractivity contribution in [2.24, 2.45) is 0 Å². The summed E-state index contributed by atoms with van der Waals surface area (Å²) in [5, 5.41) is 0. The average Bonchev–Trinajstić information content (AvgIpc) is 2.32. The first kappa shape index (κ1) is 13.2. The Morgan fingerprint density at radius 3 is 2.53 bits per heavy atom. The van der Waals surface area contributed by atoms with Gasteiger partial charge >= 0.3 is 0 Å². The van der Waals surface area contributed by atoms with Gasteiger partial charge in [-0.3, -0.25) is 4.72 Å². The topological polar surface area (TPSA) is 85.1 Å². The van der Waals surface area contributed by atoms with Crippen LogP contribution in [0.15, 0.2) is 41.3 Å². The van der Waals surface area contributed by atoms with Crippen molar-refractivity contribution in [3.63, 3.8) is 0 Å². The second kappa shape index (κ2) is 4.81. The second-order valence-corrected chi connectivity index (χ2v) is 5.32. The van der Waals surface area contributed by atoms with Crippen molar-refractivity contribution in [2.75, 3.05) is 10.5 Å². The van der Waals surface area contributed by atoms with Gasteiger partial charge in [-0.1, -0.05) is 6.07 Å². The number of pyridine rings is 1. The molecule has 0 amide bonds.